The first-order valence-corrected chi connectivity index (χ1v) is 7.91. The van der Waals surface area contributed by atoms with Gasteiger partial charge in [0, 0.05) is 19.6 Å². The Morgan fingerprint density at radius 1 is 1.10 bits per heavy atom. The van der Waals surface area contributed by atoms with Crippen LogP contribution in [0.3, 0.4) is 0 Å². The van der Waals surface area contributed by atoms with Gasteiger partial charge in [0.2, 0.25) is 5.91 Å². The molecule has 21 heavy (non-hydrogen) atoms. The van der Waals surface area contributed by atoms with Gasteiger partial charge in [0.1, 0.15) is 0 Å². The van der Waals surface area contributed by atoms with Crippen LogP contribution in [0.25, 0.3) is 0 Å². The van der Waals surface area contributed by atoms with Crippen LogP contribution in [0, 0.1) is 5.92 Å². The molecule has 1 amide bonds. The summed E-state index contributed by atoms with van der Waals surface area (Å²) in [6, 6.07) is 8.55. The van der Waals surface area contributed by atoms with Crippen LogP contribution in [0.5, 0.6) is 0 Å². The van der Waals surface area contributed by atoms with Gasteiger partial charge in [-0.25, -0.2) is 0 Å². The number of aliphatic hydroxyl groups excluding tert-OH is 1. The second-order valence-corrected chi connectivity index (χ2v) is 6.35. The van der Waals surface area contributed by atoms with E-state index in [2.05, 4.69) is 50.4 Å². The number of carbonyl (C=O) groups is 1. The van der Waals surface area contributed by atoms with Crippen molar-refractivity contribution in [1.29, 1.82) is 0 Å². The molecule has 3 nitrogen and oxygen atoms in total. The molecule has 1 rings (SSSR count). The first-order chi connectivity index (χ1) is 9.93. The highest BCUT2D eigenvalue weighted by Gasteiger charge is 2.12. The molecule has 0 spiro atoms. The summed E-state index contributed by atoms with van der Waals surface area (Å²) < 4.78 is 0. The van der Waals surface area contributed by atoms with E-state index in [0.717, 1.165) is 6.42 Å². The zero-order valence-corrected chi connectivity index (χ0v) is 13.7. The quantitative estimate of drug-likeness (QED) is 0.771. The summed E-state index contributed by atoms with van der Waals surface area (Å²) in [5, 5.41) is 11.8. The van der Waals surface area contributed by atoms with Crippen LogP contribution in [0.15, 0.2) is 24.3 Å². The highest BCUT2D eigenvalue weighted by Crippen LogP contribution is 2.22. The first-order valence-electron chi connectivity index (χ1n) is 7.91. The van der Waals surface area contributed by atoms with Gasteiger partial charge in [0.15, 0.2) is 0 Å². The normalized spacial score (nSPS) is 14.0. The van der Waals surface area contributed by atoms with Gasteiger partial charge in [-0.2, -0.15) is 0 Å². The molecule has 2 atom stereocenters. The molecule has 2 N–H and O–H groups in total. The fourth-order valence-corrected chi connectivity index (χ4v) is 2.29. The monoisotopic (exact) mass is 291 g/mol. The molecule has 0 aromatic heterocycles. The number of amides is 1. The Bertz CT molecular complexity index is 425. The van der Waals surface area contributed by atoms with Gasteiger partial charge >= 0.3 is 0 Å². The minimum Gasteiger partial charge on any atom is -0.396 e. The lowest BCUT2D eigenvalue weighted by molar-refractivity contribution is -0.121. The molecule has 0 heterocycles. The number of hydrogen-bond donors (Lipinski definition) is 2. The van der Waals surface area contributed by atoms with Crippen LogP contribution in [-0.2, 0) is 4.79 Å². The van der Waals surface area contributed by atoms with Crippen molar-refractivity contribution in [2.75, 3.05) is 13.2 Å². The molecule has 3 heteroatoms. The largest absolute Gasteiger partial charge is 0.396 e. The number of rotatable bonds is 8. The van der Waals surface area contributed by atoms with E-state index in [-0.39, 0.29) is 18.4 Å². The maximum atomic E-state index is 11.9. The molecule has 0 radical (unpaired) electrons. The Hall–Kier alpha value is -1.35. The van der Waals surface area contributed by atoms with Crippen molar-refractivity contribution in [2.24, 2.45) is 5.92 Å². The standard InChI is InChI=1S/C18H29NO2/c1-13(2)16-5-7-17(8-6-16)15(4)11-18(21)19-12-14(3)9-10-20/h5-8,13-15,20H,9-12H2,1-4H3,(H,19,21). The van der Waals surface area contributed by atoms with Gasteiger partial charge in [-0.15, -0.1) is 0 Å². The number of carbonyl (C=O) groups excluding carboxylic acids is 1. The van der Waals surface area contributed by atoms with E-state index in [1.54, 1.807) is 0 Å². The van der Waals surface area contributed by atoms with Crippen LogP contribution in [0.2, 0.25) is 0 Å². The summed E-state index contributed by atoms with van der Waals surface area (Å²) in [6.45, 7) is 9.29. The molecule has 1 aromatic carbocycles. The molecule has 0 fully saturated rings. The van der Waals surface area contributed by atoms with Crippen molar-refractivity contribution in [1.82, 2.24) is 5.32 Å². The topological polar surface area (TPSA) is 49.3 Å². The fraction of sp³-hybridized carbons (Fsp3) is 0.611. The summed E-state index contributed by atoms with van der Waals surface area (Å²) in [5.74, 6) is 1.16. The van der Waals surface area contributed by atoms with Crippen LogP contribution in [0.4, 0.5) is 0 Å². The summed E-state index contributed by atoms with van der Waals surface area (Å²) in [6.07, 6.45) is 1.24. The lowest BCUT2D eigenvalue weighted by Crippen LogP contribution is -2.29. The van der Waals surface area contributed by atoms with Crippen LogP contribution in [-0.4, -0.2) is 24.2 Å². The highest BCUT2D eigenvalue weighted by molar-refractivity contribution is 5.76. The zero-order chi connectivity index (χ0) is 15.8. The third-order valence-corrected chi connectivity index (χ3v) is 3.93. The van der Waals surface area contributed by atoms with Gasteiger partial charge in [-0.3, -0.25) is 4.79 Å². The highest BCUT2D eigenvalue weighted by atomic mass is 16.3. The van der Waals surface area contributed by atoms with Crippen molar-refractivity contribution >= 4 is 5.91 Å². The molecule has 0 aliphatic carbocycles. The molecule has 1 aromatic rings. The van der Waals surface area contributed by atoms with Crippen molar-refractivity contribution in [3.8, 4) is 0 Å². The summed E-state index contributed by atoms with van der Waals surface area (Å²) in [4.78, 5) is 11.9. The summed E-state index contributed by atoms with van der Waals surface area (Å²) in [5.41, 5.74) is 2.53. The SMILES string of the molecule is CC(CCO)CNC(=O)CC(C)c1ccc(C(C)C)cc1. The Morgan fingerprint density at radius 2 is 1.67 bits per heavy atom. The minimum absolute atomic E-state index is 0.0835. The predicted octanol–water partition coefficient (Wildman–Crippen LogP) is 3.44. The molecule has 0 aliphatic heterocycles. The molecule has 118 valence electrons. The fourth-order valence-electron chi connectivity index (χ4n) is 2.29. The van der Waals surface area contributed by atoms with E-state index in [0.29, 0.717) is 24.8 Å². The second kappa shape index (κ2) is 8.83. The Labute approximate surface area is 128 Å². The number of hydrogen-bond acceptors (Lipinski definition) is 2. The van der Waals surface area contributed by atoms with Crippen LogP contribution < -0.4 is 5.32 Å². The van der Waals surface area contributed by atoms with E-state index < -0.39 is 0 Å². The van der Waals surface area contributed by atoms with E-state index >= 15 is 0 Å². The van der Waals surface area contributed by atoms with Crippen molar-refractivity contribution < 1.29 is 9.90 Å². The van der Waals surface area contributed by atoms with Gasteiger partial charge < -0.3 is 10.4 Å². The van der Waals surface area contributed by atoms with Crippen molar-refractivity contribution in [3.63, 3.8) is 0 Å². The van der Waals surface area contributed by atoms with E-state index in [1.165, 1.54) is 11.1 Å². The molecule has 0 aliphatic rings. The smallest absolute Gasteiger partial charge is 0.220 e. The maximum Gasteiger partial charge on any atom is 0.220 e. The van der Waals surface area contributed by atoms with Gasteiger partial charge in [0.05, 0.1) is 0 Å². The average Bonchev–Trinajstić information content (AvgIpc) is 2.45. The number of aliphatic hydroxyl groups is 1. The number of benzene rings is 1. The van der Waals surface area contributed by atoms with Gasteiger partial charge in [-0.1, -0.05) is 52.0 Å². The Kier molecular flexibility index (Phi) is 7.44. The van der Waals surface area contributed by atoms with Crippen molar-refractivity contribution in [2.45, 2.75) is 52.4 Å². The molecule has 2 unspecified atom stereocenters. The molecule has 0 bridgehead atoms. The minimum atomic E-state index is 0.0835. The summed E-state index contributed by atoms with van der Waals surface area (Å²) >= 11 is 0. The van der Waals surface area contributed by atoms with E-state index in [4.69, 9.17) is 5.11 Å². The molecule has 0 saturated heterocycles. The van der Waals surface area contributed by atoms with Gasteiger partial charge in [0.25, 0.3) is 0 Å². The van der Waals surface area contributed by atoms with Crippen molar-refractivity contribution in [3.05, 3.63) is 35.4 Å². The van der Waals surface area contributed by atoms with E-state index in [1.807, 2.05) is 6.92 Å². The first kappa shape index (κ1) is 17.7. The molecule has 0 saturated carbocycles. The third kappa shape index (κ3) is 6.30. The zero-order valence-electron chi connectivity index (χ0n) is 13.7. The molecular formula is C18H29NO2. The van der Waals surface area contributed by atoms with Crippen LogP contribution in [0.1, 0.15) is 63.5 Å². The third-order valence-electron chi connectivity index (χ3n) is 3.93. The maximum absolute atomic E-state index is 11.9. The van der Waals surface area contributed by atoms with E-state index in [9.17, 15) is 4.79 Å². The second-order valence-electron chi connectivity index (χ2n) is 6.35. The predicted molar refractivity (Wildman–Crippen MR) is 87.4 cm³/mol. The lowest BCUT2D eigenvalue weighted by atomic mass is 9.94. The van der Waals surface area contributed by atoms with Crippen LogP contribution >= 0.6 is 0 Å². The number of nitrogens with one attached hydrogen (secondary N) is 1. The van der Waals surface area contributed by atoms with Gasteiger partial charge in [-0.05, 0) is 35.3 Å². The Morgan fingerprint density at radius 3 is 2.19 bits per heavy atom. The lowest BCUT2D eigenvalue weighted by Gasteiger charge is -2.15. The Balaban J connectivity index is 2.44. The average molecular weight is 291 g/mol. The molecular weight excluding hydrogens is 262 g/mol. The summed E-state index contributed by atoms with van der Waals surface area (Å²) in [7, 11) is 0.